The number of amides is 2. The monoisotopic (exact) mass is 326 g/mol. The molecule has 0 saturated carbocycles. The highest BCUT2D eigenvalue weighted by atomic mass is 16.2. The molecule has 1 atom stereocenters. The van der Waals surface area contributed by atoms with E-state index in [9.17, 15) is 9.59 Å². The van der Waals surface area contributed by atoms with Crippen molar-refractivity contribution in [3.05, 3.63) is 41.6 Å². The van der Waals surface area contributed by atoms with Crippen molar-refractivity contribution in [3.8, 4) is 0 Å². The molecule has 126 valence electrons. The zero-order valence-electron chi connectivity index (χ0n) is 14.2. The van der Waals surface area contributed by atoms with Gasteiger partial charge in [0.1, 0.15) is 11.9 Å². The lowest BCUT2D eigenvalue weighted by atomic mass is 10.1. The Hall–Kier alpha value is -2.63. The molecule has 1 aliphatic rings. The predicted molar refractivity (Wildman–Crippen MR) is 92.9 cm³/mol. The lowest BCUT2D eigenvalue weighted by Crippen LogP contribution is -2.46. The van der Waals surface area contributed by atoms with Gasteiger partial charge in [-0.25, -0.2) is 0 Å². The average molecular weight is 326 g/mol. The Morgan fingerprint density at radius 3 is 2.75 bits per heavy atom. The minimum absolute atomic E-state index is 0.0104. The van der Waals surface area contributed by atoms with Crippen molar-refractivity contribution in [1.82, 2.24) is 9.78 Å². The van der Waals surface area contributed by atoms with E-state index in [1.807, 2.05) is 37.3 Å². The number of nitrogens with one attached hydrogen (secondary N) is 1. The Bertz CT molecular complexity index is 781. The lowest BCUT2D eigenvalue weighted by Gasteiger charge is -2.28. The largest absolute Gasteiger partial charge is 0.309 e. The van der Waals surface area contributed by atoms with E-state index in [4.69, 9.17) is 0 Å². The molecule has 2 heterocycles. The minimum atomic E-state index is -0.591. The van der Waals surface area contributed by atoms with E-state index in [2.05, 4.69) is 10.4 Å². The topological polar surface area (TPSA) is 67.2 Å². The van der Waals surface area contributed by atoms with Gasteiger partial charge in [-0.05, 0) is 38.3 Å². The van der Waals surface area contributed by atoms with Crippen molar-refractivity contribution in [2.75, 3.05) is 10.2 Å². The highest BCUT2D eigenvalue weighted by Crippen LogP contribution is 2.28. The van der Waals surface area contributed by atoms with E-state index in [0.717, 1.165) is 29.8 Å². The van der Waals surface area contributed by atoms with Gasteiger partial charge in [0.15, 0.2) is 0 Å². The van der Waals surface area contributed by atoms with Crippen LogP contribution in [-0.4, -0.2) is 27.6 Å². The Morgan fingerprint density at radius 2 is 2.04 bits per heavy atom. The van der Waals surface area contributed by atoms with E-state index < -0.39 is 6.04 Å². The summed E-state index contributed by atoms with van der Waals surface area (Å²) in [4.78, 5) is 26.9. The molecule has 24 heavy (non-hydrogen) atoms. The van der Waals surface area contributed by atoms with Crippen molar-refractivity contribution >= 4 is 23.3 Å². The standard InChI is InChI=1S/C18H22N4O2/c1-12-11-16(21(3)20-12)19-18(24)13(2)22-15-9-5-4-7-14(15)8-6-10-17(22)23/h4-5,7,9,11,13H,6,8,10H2,1-3H3,(H,19,24)/t13-/m0/s1. The number of rotatable bonds is 3. The molecule has 0 unspecified atom stereocenters. The molecular formula is C18H22N4O2. The molecule has 3 rings (SSSR count). The van der Waals surface area contributed by atoms with E-state index in [1.165, 1.54) is 0 Å². The smallest absolute Gasteiger partial charge is 0.248 e. The molecule has 1 aromatic carbocycles. The van der Waals surface area contributed by atoms with Gasteiger partial charge in [-0.2, -0.15) is 5.10 Å². The molecule has 1 N–H and O–H groups in total. The molecule has 2 amide bonds. The number of benzene rings is 1. The first-order chi connectivity index (χ1) is 11.5. The number of aryl methyl sites for hydroxylation is 3. The second kappa shape index (κ2) is 6.47. The molecule has 0 saturated heterocycles. The highest BCUT2D eigenvalue weighted by Gasteiger charge is 2.30. The molecule has 1 aliphatic heterocycles. The molecule has 0 fully saturated rings. The van der Waals surface area contributed by atoms with E-state index in [-0.39, 0.29) is 11.8 Å². The molecular weight excluding hydrogens is 304 g/mol. The Morgan fingerprint density at radius 1 is 1.29 bits per heavy atom. The fourth-order valence-electron chi connectivity index (χ4n) is 3.14. The zero-order chi connectivity index (χ0) is 17.3. The normalized spacial score (nSPS) is 15.6. The number of hydrogen-bond donors (Lipinski definition) is 1. The van der Waals surface area contributed by atoms with Crippen LogP contribution in [0.15, 0.2) is 30.3 Å². The van der Waals surface area contributed by atoms with Gasteiger partial charge in [-0.1, -0.05) is 18.2 Å². The summed E-state index contributed by atoms with van der Waals surface area (Å²) in [6.07, 6.45) is 2.12. The van der Waals surface area contributed by atoms with Crippen molar-refractivity contribution in [3.63, 3.8) is 0 Å². The van der Waals surface area contributed by atoms with Crippen LogP contribution in [0.2, 0.25) is 0 Å². The quantitative estimate of drug-likeness (QED) is 0.942. The summed E-state index contributed by atoms with van der Waals surface area (Å²) in [5, 5.41) is 7.09. The van der Waals surface area contributed by atoms with Crippen LogP contribution in [0.5, 0.6) is 0 Å². The zero-order valence-corrected chi connectivity index (χ0v) is 14.2. The van der Waals surface area contributed by atoms with Gasteiger partial charge in [0.2, 0.25) is 11.8 Å². The van der Waals surface area contributed by atoms with E-state index in [1.54, 1.807) is 23.6 Å². The number of aromatic nitrogens is 2. The number of carbonyl (C=O) groups is 2. The first-order valence-corrected chi connectivity index (χ1v) is 8.19. The van der Waals surface area contributed by atoms with Crippen LogP contribution in [0.3, 0.4) is 0 Å². The number of anilines is 2. The van der Waals surface area contributed by atoms with Gasteiger partial charge < -0.3 is 5.32 Å². The van der Waals surface area contributed by atoms with Gasteiger partial charge in [-0.15, -0.1) is 0 Å². The lowest BCUT2D eigenvalue weighted by molar-refractivity contribution is -0.123. The van der Waals surface area contributed by atoms with Crippen LogP contribution in [0.4, 0.5) is 11.5 Å². The molecule has 6 nitrogen and oxygen atoms in total. The predicted octanol–water partition coefficient (Wildman–Crippen LogP) is 2.43. The van der Waals surface area contributed by atoms with Crippen molar-refractivity contribution in [2.45, 2.75) is 39.2 Å². The van der Waals surface area contributed by atoms with Crippen LogP contribution < -0.4 is 10.2 Å². The van der Waals surface area contributed by atoms with E-state index >= 15 is 0 Å². The fourth-order valence-corrected chi connectivity index (χ4v) is 3.14. The van der Waals surface area contributed by atoms with Gasteiger partial charge in [0.05, 0.1) is 5.69 Å². The van der Waals surface area contributed by atoms with Crippen LogP contribution in [-0.2, 0) is 23.1 Å². The maximum Gasteiger partial charge on any atom is 0.248 e. The number of fused-ring (bicyclic) bond motifs is 1. The molecule has 0 spiro atoms. The maximum atomic E-state index is 12.7. The van der Waals surface area contributed by atoms with E-state index in [0.29, 0.717) is 12.2 Å². The fraction of sp³-hybridized carbons (Fsp3) is 0.389. The third-order valence-electron chi connectivity index (χ3n) is 4.38. The van der Waals surface area contributed by atoms with Crippen LogP contribution in [0, 0.1) is 6.92 Å². The molecule has 1 aromatic heterocycles. The minimum Gasteiger partial charge on any atom is -0.309 e. The van der Waals surface area contributed by atoms with Crippen LogP contribution >= 0.6 is 0 Å². The van der Waals surface area contributed by atoms with Gasteiger partial charge in [0.25, 0.3) is 0 Å². The van der Waals surface area contributed by atoms with Crippen molar-refractivity contribution in [2.24, 2.45) is 7.05 Å². The summed E-state index contributed by atoms with van der Waals surface area (Å²) >= 11 is 0. The molecule has 6 heteroatoms. The second-order valence-corrected chi connectivity index (χ2v) is 6.21. The highest BCUT2D eigenvalue weighted by molar-refractivity contribution is 6.05. The van der Waals surface area contributed by atoms with Gasteiger partial charge in [0, 0.05) is 25.2 Å². The molecule has 2 aromatic rings. The first kappa shape index (κ1) is 16.2. The maximum absolute atomic E-state index is 12.7. The Kier molecular flexibility index (Phi) is 4.38. The molecule has 0 radical (unpaired) electrons. The number of para-hydroxylation sites is 1. The Labute approximate surface area is 141 Å². The summed E-state index contributed by atoms with van der Waals surface area (Å²) in [5.74, 6) is 0.395. The summed E-state index contributed by atoms with van der Waals surface area (Å²) < 4.78 is 1.62. The summed E-state index contributed by atoms with van der Waals surface area (Å²) in [7, 11) is 1.78. The third kappa shape index (κ3) is 3.04. The van der Waals surface area contributed by atoms with Gasteiger partial charge in [-0.3, -0.25) is 19.2 Å². The number of nitrogens with zero attached hydrogens (tertiary/aromatic N) is 3. The first-order valence-electron chi connectivity index (χ1n) is 8.19. The molecule has 0 aliphatic carbocycles. The van der Waals surface area contributed by atoms with Crippen molar-refractivity contribution in [1.29, 1.82) is 0 Å². The summed E-state index contributed by atoms with van der Waals surface area (Å²) in [6.45, 7) is 3.63. The second-order valence-electron chi connectivity index (χ2n) is 6.21. The average Bonchev–Trinajstić information content (AvgIpc) is 2.76. The summed E-state index contributed by atoms with van der Waals surface area (Å²) in [6, 6.07) is 9.03. The summed E-state index contributed by atoms with van der Waals surface area (Å²) in [5.41, 5.74) is 2.78. The van der Waals surface area contributed by atoms with Crippen LogP contribution in [0.25, 0.3) is 0 Å². The third-order valence-corrected chi connectivity index (χ3v) is 4.38. The van der Waals surface area contributed by atoms with Crippen LogP contribution in [0.1, 0.15) is 31.0 Å². The van der Waals surface area contributed by atoms with Crippen molar-refractivity contribution < 1.29 is 9.59 Å². The SMILES string of the molecule is Cc1cc(NC(=O)[C@H](C)N2C(=O)CCCc3ccccc32)n(C)n1. The van der Waals surface area contributed by atoms with Gasteiger partial charge >= 0.3 is 0 Å². The Balaban J connectivity index is 1.87. The number of hydrogen-bond acceptors (Lipinski definition) is 3. The number of carbonyl (C=O) groups excluding carboxylic acids is 2. The molecule has 0 bridgehead atoms.